The van der Waals surface area contributed by atoms with Crippen LogP contribution < -0.4 is 14.7 Å². The van der Waals surface area contributed by atoms with Gasteiger partial charge in [0.1, 0.15) is 5.82 Å². The van der Waals surface area contributed by atoms with Gasteiger partial charge in [-0.3, -0.25) is 4.79 Å². The quantitative estimate of drug-likeness (QED) is 0.670. The monoisotopic (exact) mass is 388 g/mol. The smallest absolute Gasteiger partial charge is 0.258 e. The van der Waals surface area contributed by atoms with E-state index in [2.05, 4.69) is 24.8 Å². The second-order valence-corrected chi connectivity index (χ2v) is 6.81. The molecule has 0 saturated carbocycles. The summed E-state index contributed by atoms with van der Waals surface area (Å²) >= 11 is 0. The number of hydrogen-bond donors (Lipinski definition) is 0. The topological polar surface area (TPSA) is 65.5 Å². The van der Waals surface area contributed by atoms with Gasteiger partial charge < -0.3 is 14.7 Å². The van der Waals surface area contributed by atoms with E-state index in [9.17, 15) is 4.79 Å². The maximum Gasteiger partial charge on any atom is 0.258 e. The van der Waals surface area contributed by atoms with Crippen molar-refractivity contribution in [3.8, 4) is 0 Å². The Morgan fingerprint density at radius 1 is 0.897 bits per heavy atom. The largest absolute Gasteiger partial charge is 0.353 e. The van der Waals surface area contributed by atoms with Crippen molar-refractivity contribution in [2.24, 2.45) is 0 Å². The van der Waals surface area contributed by atoms with Gasteiger partial charge in [0, 0.05) is 62.6 Å². The lowest BCUT2D eigenvalue weighted by Crippen LogP contribution is -2.47. The fourth-order valence-electron chi connectivity index (χ4n) is 3.52. The van der Waals surface area contributed by atoms with E-state index in [1.165, 1.54) is 0 Å². The minimum atomic E-state index is -0.0151. The average Bonchev–Trinajstić information content (AvgIpc) is 2.81. The number of carbonyl (C=O) groups is 1. The van der Waals surface area contributed by atoms with E-state index in [1.54, 1.807) is 29.6 Å². The van der Waals surface area contributed by atoms with Crippen molar-refractivity contribution < 1.29 is 4.79 Å². The summed E-state index contributed by atoms with van der Waals surface area (Å²) in [4.78, 5) is 32.4. The second kappa shape index (κ2) is 8.68. The van der Waals surface area contributed by atoms with Gasteiger partial charge >= 0.3 is 0 Å². The van der Waals surface area contributed by atoms with Crippen molar-refractivity contribution in [2.75, 3.05) is 47.4 Å². The average molecular weight is 388 g/mol. The molecule has 0 unspecified atom stereocenters. The number of anilines is 3. The summed E-state index contributed by atoms with van der Waals surface area (Å²) in [6.07, 6.45) is 5.24. The van der Waals surface area contributed by atoms with E-state index in [-0.39, 0.29) is 5.91 Å². The van der Waals surface area contributed by atoms with Crippen LogP contribution in [0.2, 0.25) is 0 Å². The molecular formula is C22H24N6O. The molecule has 3 aromatic rings. The third-order valence-electron chi connectivity index (χ3n) is 5.06. The Hall–Kier alpha value is -3.48. The molecule has 1 amide bonds. The molecular weight excluding hydrogens is 364 g/mol. The first-order chi connectivity index (χ1) is 14.3. The molecule has 1 saturated heterocycles. The van der Waals surface area contributed by atoms with E-state index >= 15 is 0 Å². The molecule has 4 rings (SSSR count). The summed E-state index contributed by atoms with van der Waals surface area (Å²) in [6, 6.07) is 15.2. The number of rotatable bonds is 5. The Balaban J connectivity index is 1.47. The maximum absolute atomic E-state index is 13.1. The first-order valence-electron chi connectivity index (χ1n) is 9.86. The number of para-hydroxylation sites is 1. The first-order valence-corrected chi connectivity index (χ1v) is 9.86. The van der Waals surface area contributed by atoms with Gasteiger partial charge in [-0.1, -0.05) is 18.2 Å². The van der Waals surface area contributed by atoms with Crippen LogP contribution in [0.4, 0.5) is 17.5 Å². The van der Waals surface area contributed by atoms with Crippen LogP contribution in [0.5, 0.6) is 0 Å². The van der Waals surface area contributed by atoms with Gasteiger partial charge in [0.2, 0.25) is 5.95 Å². The van der Waals surface area contributed by atoms with Crippen molar-refractivity contribution in [3.63, 3.8) is 0 Å². The molecule has 0 radical (unpaired) electrons. The zero-order chi connectivity index (χ0) is 20.1. The molecule has 0 aliphatic carbocycles. The van der Waals surface area contributed by atoms with Gasteiger partial charge in [-0.2, -0.15) is 0 Å². The number of nitrogens with zero attached hydrogens (tertiary/aromatic N) is 6. The van der Waals surface area contributed by atoms with E-state index in [4.69, 9.17) is 0 Å². The minimum absolute atomic E-state index is 0.0151. The maximum atomic E-state index is 13.1. The van der Waals surface area contributed by atoms with Gasteiger partial charge in [-0.05, 0) is 37.3 Å². The number of aromatic nitrogens is 3. The number of pyridine rings is 1. The van der Waals surface area contributed by atoms with Crippen molar-refractivity contribution in [1.82, 2.24) is 15.0 Å². The van der Waals surface area contributed by atoms with E-state index in [0.29, 0.717) is 12.1 Å². The Kier molecular flexibility index (Phi) is 5.65. The van der Waals surface area contributed by atoms with Crippen LogP contribution in [0, 0.1) is 0 Å². The van der Waals surface area contributed by atoms with Crippen molar-refractivity contribution in [3.05, 3.63) is 72.7 Å². The van der Waals surface area contributed by atoms with Crippen LogP contribution in [0.25, 0.3) is 0 Å². The highest BCUT2D eigenvalue weighted by atomic mass is 16.2. The van der Waals surface area contributed by atoms with Crippen molar-refractivity contribution in [1.29, 1.82) is 0 Å². The van der Waals surface area contributed by atoms with Crippen LogP contribution >= 0.6 is 0 Å². The zero-order valence-corrected chi connectivity index (χ0v) is 16.5. The number of amides is 1. The fraction of sp³-hybridized carbons (Fsp3) is 0.273. The highest BCUT2D eigenvalue weighted by molar-refractivity contribution is 6.06. The molecule has 1 fully saturated rings. The summed E-state index contributed by atoms with van der Waals surface area (Å²) in [6.45, 7) is 5.83. The molecule has 148 valence electrons. The minimum Gasteiger partial charge on any atom is -0.353 e. The van der Waals surface area contributed by atoms with Gasteiger partial charge in [0.25, 0.3) is 5.91 Å². The van der Waals surface area contributed by atoms with Crippen LogP contribution in [-0.2, 0) is 0 Å². The molecule has 7 heteroatoms. The third-order valence-corrected chi connectivity index (χ3v) is 5.06. The first kappa shape index (κ1) is 18.9. The van der Waals surface area contributed by atoms with Crippen LogP contribution in [0.1, 0.15) is 17.3 Å². The van der Waals surface area contributed by atoms with E-state index in [1.807, 2.05) is 49.4 Å². The molecule has 0 atom stereocenters. The number of carbonyl (C=O) groups excluding carboxylic acids is 1. The summed E-state index contributed by atoms with van der Waals surface area (Å²) in [5.74, 6) is 1.57. The van der Waals surface area contributed by atoms with Crippen molar-refractivity contribution in [2.45, 2.75) is 6.92 Å². The third kappa shape index (κ3) is 4.18. The fourth-order valence-corrected chi connectivity index (χ4v) is 3.52. The lowest BCUT2D eigenvalue weighted by molar-refractivity contribution is 0.0988. The molecule has 29 heavy (non-hydrogen) atoms. The molecule has 0 spiro atoms. The number of piperazine rings is 1. The highest BCUT2D eigenvalue weighted by Crippen LogP contribution is 2.20. The normalized spacial score (nSPS) is 14.0. The Labute approximate surface area is 170 Å². The predicted octanol–water partition coefficient (Wildman–Crippen LogP) is 2.86. The Morgan fingerprint density at radius 2 is 1.59 bits per heavy atom. The van der Waals surface area contributed by atoms with E-state index < -0.39 is 0 Å². The van der Waals surface area contributed by atoms with Gasteiger partial charge in [-0.25, -0.2) is 15.0 Å². The Bertz CT molecular complexity index is 942. The van der Waals surface area contributed by atoms with Crippen LogP contribution in [0.15, 0.2) is 67.1 Å². The van der Waals surface area contributed by atoms with Gasteiger partial charge in [0.15, 0.2) is 0 Å². The molecule has 0 bridgehead atoms. The molecule has 0 N–H and O–H groups in total. The summed E-state index contributed by atoms with van der Waals surface area (Å²) in [5.41, 5.74) is 1.55. The molecule has 1 aliphatic rings. The lowest BCUT2D eigenvalue weighted by atomic mass is 10.2. The van der Waals surface area contributed by atoms with Gasteiger partial charge in [-0.15, -0.1) is 0 Å². The standard InChI is InChI=1S/C22H24N6O/c1-2-28(19-7-4-3-5-8-19)21(29)18-9-12-23-20(17-18)26-13-15-27(16-14-26)22-24-10-6-11-25-22/h3-12,17H,2,13-16H2,1H3. The number of hydrogen-bond acceptors (Lipinski definition) is 6. The summed E-state index contributed by atoms with van der Waals surface area (Å²) < 4.78 is 0. The lowest BCUT2D eigenvalue weighted by Gasteiger charge is -2.35. The predicted molar refractivity (Wildman–Crippen MR) is 114 cm³/mol. The second-order valence-electron chi connectivity index (χ2n) is 6.81. The molecule has 2 aromatic heterocycles. The number of benzene rings is 1. The van der Waals surface area contributed by atoms with Gasteiger partial charge in [0.05, 0.1) is 0 Å². The molecule has 1 aliphatic heterocycles. The summed E-state index contributed by atoms with van der Waals surface area (Å²) in [5, 5.41) is 0. The molecule has 7 nitrogen and oxygen atoms in total. The molecule has 3 heterocycles. The Morgan fingerprint density at radius 3 is 2.28 bits per heavy atom. The van der Waals surface area contributed by atoms with Crippen LogP contribution in [-0.4, -0.2) is 53.6 Å². The molecule has 1 aromatic carbocycles. The van der Waals surface area contributed by atoms with Crippen LogP contribution in [0.3, 0.4) is 0 Å². The van der Waals surface area contributed by atoms with Crippen molar-refractivity contribution >= 4 is 23.4 Å². The summed E-state index contributed by atoms with van der Waals surface area (Å²) in [7, 11) is 0. The highest BCUT2D eigenvalue weighted by Gasteiger charge is 2.22. The zero-order valence-electron chi connectivity index (χ0n) is 16.5. The van der Waals surface area contributed by atoms with E-state index in [0.717, 1.165) is 43.6 Å². The SMILES string of the molecule is CCN(C(=O)c1ccnc(N2CCN(c3ncccn3)CC2)c1)c1ccccc1.